The first kappa shape index (κ1) is 15.7. The van der Waals surface area contributed by atoms with Crippen LogP contribution in [0.2, 0.25) is 0 Å². The van der Waals surface area contributed by atoms with Gasteiger partial charge in [-0.25, -0.2) is 4.98 Å². The second-order valence-electron chi connectivity index (χ2n) is 5.61. The number of imidazole rings is 1. The van der Waals surface area contributed by atoms with Crippen LogP contribution in [0.25, 0.3) is 11.0 Å². The number of thioether (sulfide) groups is 1. The molecule has 0 aliphatic carbocycles. The first-order valence-electron chi connectivity index (χ1n) is 7.78. The molecule has 0 saturated carbocycles. The summed E-state index contributed by atoms with van der Waals surface area (Å²) in [6.45, 7) is 0. The van der Waals surface area contributed by atoms with Gasteiger partial charge in [0.1, 0.15) is 11.0 Å². The Morgan fingerprint density at radius 3 is 2.84 bits per heavy atom. The summed E-state index contributed by atoms with van der Waals surface area (Å²) >= 11 is 1.31. The topological polar surface area (TPSA) is 73.2 Å². The molecular weight excluding hydrogens is 338 g/mol. The minimum Gasteiger partial charge on any atom is -0.495 e. The monoisotopic (exact) mass is 353 g/mol. The Morgan fingerprint density at radius 1 is 1.24 bits per heavy atom. The number of anilines is 1. The summed E-state index contributed by atoms with van der Waals surface area (Å²) in [5.74, 6) is 0.221. The van der Waals surface area contributed by atoms with Crippen molar-refractivity contribution >= 4 is 40.3 Å². The van der Waals surface area contributed by atoms with E-state index in [1.54, 1.807) is 23.8 Å². The van der Waals surface area contributed by atoms with Crippen LogP contribution in [0, 0.1) is 0 Å². The van der Waals surface area contributed by atoms with Crippen LogP contribution in [0.15, 0.2) is 53.7 Å². The number of carbonyl (C=O) groups excluding carboxylic acids is 2. The zero-order valence-electron chi connectivity index (χ0n) is 13.4. The normalized spacial score (nSPS) is 16.5. The maximum Gasteiger partial charge on any atom is 0.238 e. The number of rotatable bonds is 3. The molecule has 0 fully saturated rings. The molecule has 1 aliphatic rings. The van der Waals surface area contributed by atoms with Crippen LogP contribution >= 0.6 is 11.8 Å². The van der Waals surface area contributed by atoms with Gasteiger partial charge in [0.05, 0.1) is 23.8 Å². The van der Waals surface area contributed by atoms with E-state index in [1.807, 2.05) is 36.4 Å². The van der Waals surface area contributed by atoms with Crippen molar-refractivity contribution in [2.24, 2.45) is 0 Å². The SMILES string of the molecule is COc1ccccc1NC(=O)C1CC(=O)n2c(nc3ccccc32)S1. The average Bonchev–Trinajstić information content (AvgIpc) is 3.01. The first-order valence-corrected chi connectivity index (χ1v) is 8.66. The summed E-state index contributed by atoms with van der Waals surface area (Å²) in [5.41, 5.74) is 2.12. The lowest BCUT2D eigenvalue weighted by Crippen LogP contribution is -2.33. The molecule has 4 rings (SSSR count). The fourth-order valence-corrected chi connectivity index (χ4v) is 3.95. The number of hydrogen-bond donors (Lipinski definition) is 1. The predicted octanol–water partition coefficient (Wildman–Crippen LogP) is 3.19. The zero-order valence-corrected chi connectivity index (χ0v) is 14.2. The Labute approximate surface area is 148 Å². The van der Waals surface area contributed by atoms with E-state index >= 15 is 0 Å². The van der Waals surface area contributed by atoms with Crippen molar-refractivity contribution in [2.75, 3.05) is 12.4 Å². The number of amides is 1. The number of hydrogen-bond acceptors (Lipinski definition) is 5. The highest BCUT2D eigenvalue weighted by Crippen LogP contribution is 2.35. The van der Waals surface area contributed by atoms with Crippen molar-refractivity contribution in [1.82, 2.24) is 9.55 Å². The van der Waals surface area contributed by atoms with Gasteiger partial charge in [-0.15, -0.1) is 0 Å². The second-order valence-corrected chi connectivity index (χ2v) is 6.78. The number of methoxy groups -OCH3 is 1. The van der Waals surface area contributed by atoms with E-state index in [2.05, 4.69) is 10.3 Å². The molecule has 6 nitrogen and oxygen atoms in total. The van der Waals surface area contributed by atoms with Crippen molar-refractivity contribution in [2.45, 2.75) is 16.8 Å². The van der Waals surface area contributed by atoms with Crippen LogP contribution in [0.1, 0.15) is 11.2 Å². The molecule has 126 valence electrons. The van der Waals surface area contributed by atoms with Gasteiger partial charge in [-0.1, -0.05) is 36.0 Å². The lowest BCUT2D eigenvalue weighted by molar-refractivity contribution is -0.115. The van der Waals surface area contributed by atoms with Gasteiger partial charge < -0.3 is 10.1 Å². The molecule has 1 aliphatic heterocycles. The summed E-state index contributed by atoms with van der Waals surface area (Å²) in [7, 11) is 1.55. The third-order valence-corrected chi connectivity index (χ3v) is 5.19. The van der Waals surface area contributed by atoms with Gasteiger partial charge in [-0.05, 0) is 24.3 Å². The number of nitrogens with zero attached hydrogens (tertiary/aromatic N) is 2. The standard InChI is InChI=1S/C18H15N3O3S/c1-24-14-9-5-3-7-12(14)19-17(23)15-10-16(22)21-13-8-4-2-6-11(13)20-18(21)25-15/h2-9,15H,10H2,1H3,(H,19,23). The fourth-order valence-electron chi connectivity index (χ4n) is 2.85. The molecule has 1 N–H and O–H groups in total. The largest absolute Gasteiger partial charge is 0.495 e. The van der Waals surface area contributed by atoms with Gasteiger partial charge in [0.15, 0.2) is 5.16 Å². The molecule has 1 unspecified atom stereocenters. The zero-order chi connectivity index (χ0) is 17.4. The number of para-hydroxylation sites is 4. The van der Waals surface area contributed by atoms with Crippen molar-refractivity contribution < 1.29 is 14.3 Å². The van der Waals surface area contributed by atoms with Gasteiger partial charge in [-0.3, -0.25) is 14.2 Å². The highest BCUT2D eigenvalue weighted by Gasteiger charge is 2.33. The van der Waals surface area contributed by atoms with E-state index in [0.717, 1.165) is 11.0 Å². The maximum absolute atomic E-state index is 12.6. The van der Waals surface area contributed by atoms with Crippen LogP contribution in [0.3, 0.4) is 0 Å². The molecule has 0 spiro atoms. The van der Waals surface area contributed by atoms with Crippen molar-refractivity contribution in [1.29, 1.82) is 0 Å². The fraction of sp³-hybridized carbons (Fsp3) is 0.167. The number of aromatic nitrogens is 2. The highest BCUT2D eigenvalue weighted by molar-refractivity contribution is 8.00. The molecule has 1 amide bonds. The molecule has 0 saturated heterocycles. The number of carbonyl (C=O) groups is 2. The van der Waals surface area contributed by atoms with Crippen LogP contribution in [-0.4, -0.2) is 33.7 Å². The van der Waals surface area contributed by atoms with Crippen molar-refractivity contribution in [3.05, 3.63) is 48.5 Å². The van der Waals surface area contributed by atoms with E-state index in [0.29, 0.717) is 16.6 Å². The lowest BCUT2D eigenvalue weighted by atomic mass is 10.2. The van der Waals surface area contributed by atoms with E-state index in [4.69, 9.17) is 4.74 Å². The van der Waals surface area contributed by atoms with Crippen LogP contribution < -0.4 is 10.1 Å². The first-order chi connectivity index (χ1) is 12.2. The highest BCUT2D eigenvalue weighted by atomic mass is 32.2. The molecule has 0 radical (unpaired) electrons. The van der Waals surface area contributed by atoms with Crippen molar-refractivity contribution in [3.63, 3.8) is 0 Å². The molecule has 2 heterocycles. The van der Waals surface area contributed by atoms with E-state index in [-0.39, 0.29) is 18.2 Å². The minimum absolute atomic E-state index is 0.123. The van der Waals surface area contributed by atoms with Gasteiger partial charge in [0, 0.05) is 6.42 Å². The number of fused-ring (bicyclic) bond motifs is 3. The summed E-state index contributed by atoms with van der Waals surface area (Å²) < 4.78 is 6.84. The number of nitrogens with one attached hydrogen (secondary N) is 1. The van der Waals surface area contributed by atoms with Crippen LogP contribution in [-0.2, 0) is 4.79 Å². The van der Waals surface area contributed by atoms with E-state index < -0.39 is 5.25 Å². The van der Waals surface area contributed by atoms with Gasteiger partial charge in [-0.2, -0.15) is 0 Å². The third kappa shape index (κ3) is 2.76. The van der Waals surface area contributed by atoms with Gasteiger partial charge in [0.25, 0.3) is 0 Å². The predicted molar refractivity (Wildman–Crippen MR) is 96.2 cm³/mol. The average molecular weight is 353 g/mol. The molecular formula is C18H15N3O3S. The Bertz CT molecular complexity index is 983. The summed E-state index contributed by atoms with van der Waals surface area (Å²) in [6.07, 6.45) is 0.124. The molecule has 1 atom stereocenters. The molecule has 3 aromatic rings. The molecule has 7 heteroatoms. The molecule has 25 heavy (non-hydrogen) atoms. The van der Waals surface area contributed by atoms with Gasteiger partial charge in [0.2, 0.25) is 11.8 Å². The summed E-state index contributed by atoms with van der Waals surface area (Å²) in [5, 5.41) is 2.87. The van der Waals surface area contributed by atoms with Gasteiger partial charge >= 0.3 is 0 Å². The maximum atomic E-state index is 12.6. The summed E-state index contributed by atoms with van der Waals surface area (Å²) in [4.78, 5) is 29.7. The summed E-state index contributed by atoms with van der Waals surface area (Å²) in [6, 6.07) is 14.7. The number of ether oxygens (including phenoxy) is 1. The molecule has 0 bridgehead atoms. The van der Waals surface area contributed by atoms with Crippen LogP contribution in [0.4, 0.5) is 5.69 Å². The number of benzene rings is 2. The Kier molecular flexibility index (Phi) is 3.93. The quantitative estimate of drug-likeness (QED) is 0.783. The third-order valence-electron chi connectivity index (χ3n) is 4.04. The second kappa shape index (κ2) is 6.25. The minimum atomic E-state index is -0.526. The Balaban J connectivity index is 1.60. The van der Waals surface area contributed by atoms with E-state index in [1.165, 1.54) is 11.8 Å². The Morgan fingerprint density at radius 2 is 2.00 bits per heavy atom. The molecule has 1 aromatic heterocycles. The Hall–Kier alpha value is -2.80. The smallest absolute Gasteiger partial charge is 0.238 e. The molecule has 2 aromatic carbocycles. The van der Waals surface area contributed by atoms with Crippen molar-refractivity contribution in [3.8, 4) is 5.75 Å². The lowest BCUT2D eigenvalue weighted by Gasteiger charge is -2.21. The van der Waals surface area contributed by atoms with Crippen LogP contribution in [0.5, 0.6) is 5.75 Å². The van der Waals surface area contributed by atoms with E-state index in [9.17, 15) is 9.59 Å².